The van der Waals surface area contributed by atoms with Gasteiger partial charge in [0.25, 0.3) is 0 Å². The Bertz CT molecular complexity index is 684. The number of nitrogens with zero attached hydrogens (tertiary/aromatic N) is 1. The van der Waals surface area contributed by atoms with Crippen molar-refractivity contribution in [2.75, 3.05) is 12.4 Å². The second-order valence-electron chi connectivity index (χ2n) is 8.70. The van der Waals surface area contributed by atoms with Crippen LogP contribution in [0.1, 0.15) is 52.9 Å². The van der Waals surface area contributed by atoms with E-state index in [1.54, 1.807) is 7.11 Å². The number of carbonyl (C=O) groups excluding carboxylic acids is 2. The number of amides is 3. The van der Waals surface area contributed by atoms with Crippen LogP contribution in [0.3, 0.4) is 0 Å². The molecule has 0 radical (unpaired) electrons. The Morgan fingerprint density at radius 1 is 1.15 bits per heavy atom. The van der Waals surface area contributed by atoms with Crippen LogP contribution in [0.25, 0.3) is 0 Å². The van der Waals surface area contributed by atoms with Crippen molar-refractivity contribution >= 4 is 17.6 Å². The highest BCUT2D eigenvalue weighted by atomic mass is 16.5. The Balaban J connectivity index is 1.66. The number of hydrogen-bond donors (Lipinski definition) is 2. The van der Waals surface area contributed by atoms with Gasteiger partial charge in [0.15, 0.2) is 0 Å². The smallest absolute Gasteiger partial charge is 0.322 e. The summed E-state index contributed by atoms with van der Waals surface area (Å²) in [6.07, 6.45) is 4.76. The van der Waals surface area contributed by atoms with Crippen LogP contribution in [0.5, 0.6) is 5.75 Å². The summed E-state index contributed by atoms with van der Waals surface area (Å²) in [6.45, 7) is 5.79. The van der Waals surface area contributed by atoms with Gasteiger partial charge >= 0.3 is 6.03 Å². The fraction of sp³-hybridized carbons (Fsp3) is 0.619. The first kappa shape index (κ1) is 19.5. The molecule has 2 aliphatic heterocycles. The lowest BCUT2D eigenvalue weighted by molar-refractivity contribution is -0.129. The molecular formula is C21H31N3O3. The van der Waals surface area contributed by atoms with E-state index < -0.39 is 5.41 Å². The lowest BCUT2D eigenvalue weighted by atomic mass is 9.81. The van der Waals surface area contributed by atoms with Gasteiger partial charge in [0, 0.05) is 35.3 Å². The van der Waals surface area contributed by atoms with Crippen LogP contribution in [0.2, 0.25) is 0 Å². The average Bonchev–Trinajstić information content (AvgIpc) is 2.60. The summed E-state index contributed by atoms with van der Waals surface area (Å²) in [5.74, 6) is 0.802. The summed E-state index contributed by atoms with van der Waals surface area (Å²) in [5.41, 5.74) is 0.344. The first-order valence-corrected chi connectivity index (χ1v) is 9.82. The second kappa shape index (κ2) is 7.79. The molecule has 2 N–H and O–H groups in total. The predicted molar refractivity (Wildman–Crippen MR) is 106 cm³/mol. The summed E-state index contributed by atoms with van der Waals surface area (Å²) in [7, 11) is 1.61. The van der Waals surface area contributed by atoms with Gasteiger partial charge in [-0.05, 0) is 44.2 Å². The minimum absolute atomic E-state index is 0.0569. The Kier molecular flexibility index (Phi) is 5.63. The Labute approximate surface area is 161 Å². The average molecular weight is 373 g/mol. The van der Waals surface area contributed by atoms with Gasteiger partial charge in [-0.25, -0.2) is 4.79 Å². The van der Waals surface area contributed by atoms with Gasteiger partial charge in [-0.2, -0.15) is 0 Å². The number of methoxy groups -OCH3 is 1. The summed E-state index contributed by atoms with van der Waals surface area (Å²) in [4.78, 5) is 27.3. The number of carbonyl (C=O) groups is 2. The molecule has 1 aromatic rings. The number of rotatable bonds is 3. The van der Waals surface area contributed by atoms with Crippen molar-refractivity contribution in [3.8, 4) is 5.75 Å². The lowest BCUT2D eigenvalue weighted by Crippen LogP contribution is -2.60. The van der Waals surface area contributed by atoms with Gasteiger partial charge in [-0.1, -0.05) is 26.8 Å². The quantitative estimate of drug-likeness (QED) is 0.847. The maximum atomic E-state index is 13.0. The third-order valence-electron chi connectivity index (χ3n) is 5.55. The van der Waals surface area contributed by atoms with Gasteiger partial charge in [0.05, 0.1) is 7.11 Å². The highest BCUT2D eigenvalue weighted by molar-refractivity contribution is 5.90. The third-order valence-corrected chi connectivity index (χ3v) is 5.55. The van der Waals surface area contributed by atoms with E-state index in [1.807, 2.05) is 49.9 Å². The maximum Gasteiger partial charge on any atom is 0.322 e. The number of ether oxygens (including phenoxy) is 1. The Morgan fingerprint density at radius 3 is 2.41 bits per heavy atom. The summed E-state index contributed by atoms with van der Waals surface area (Å²) < 4.78 is 5.23. The van der Waals surface area contributed by atoms with Crippen molar-refractivity contribution in [1.29, 1.82) is 0 Å². The molecule has 0 aromatic heterocycles. The standard InChI is InChI=1S/C21H31N3O3/c1-21(2,3)19(25)22-15-11-16-8-6-9-17(12-15)24(16)20(26)23-14-7-5-10-18(13-14)27-4/h5,7,10,13,15-17H,6,8-9,11-12H2,1-4H3,(H,22,25)(H,23,26)/t16-,17-/m1/s1. The van der Waals surface area contributed by atoms with Gasteiger partial charge < -0.3 is 20.3 Å². The molecule has 2 bridgehead atoms. The number of fused-ring (bicyclic) bond motifs is 2. The van der Waals surface area contributed by atoms with Gasteiger partial charge in [-0.15, -0.1) is 0 Å². The molecule has 1 aromatic carbocycles. The van der Waals surface area contributed by atoms with Gasteiger partial charge in [0.1, 0.15) is 5.75 Å². The Morgan fingerprint density at radius 2 is 1.81 bits per heavy atom. The van der Waals surface area contributed by atoms with E-state index in [2.05, 4.69) is 10.6 Å². The normalized spacial score (nSPS) is 24.9. The number of anilines is 1. The predicted octanol–water partition coefficient (Wildman–Crippen LogP) is 3.77. The molecule has 2 heterocycles. The van der Waals surface area contributed by atoms with Crippen LogP contribution in [-0.2, 0) is 4.79 Å². The maximum absolute atomic E-state index is 13.0. The third kappa shape index (κ3) is 4.54. The van der Waals surface area contributed by atoms with Crippen LogP contribution in [-0.4, -0.2) is 42.1 Å². The zero-order valence-electron chi connectivity index (χ0n) is 16.7. The van der Waals surface area contributed by atoms with Crippen molar-refractivity contribution in [2.24, 2.45) is 5.41 Å². The van der Waals surface area contributed by atoms with Crippen LogP contribution >= 0.6 is 0 Å². The fourth-order valence-corrected chi connectivity index (χ4v) is 4.12. The van der Waals surface area contributed by atoms with E-state index in [1.165, 1.54) is 0 Å². The van der Waals surface area contributed by atoms with E-state index in [0.29, 0.717) is 0 Å². The second-order valence-corrected chi connectivity index (χ2v) is 8.70. The van der Waals surface area contributed by atoms with Crippen molar-refractivity contribution in [3.05, 3.63) is 24.3 Å². The van der Waals surface area contributed by atoms with Gasteiger partial charge in [-0.3, -0.25) is 4.79 Å². The monoisotopic (exact) mass is 373 g/mol. The van der Waals surface area contributed by atoms with E-state index >= 15 is 0 Å². The summed E-state index contributed by atoms with van der Waals surface area (Å²) in [6, 6.07) is 7.85. The molecule has 0 saturated carbocycles. The molecule has 2 atom stereocenters. The molecule has 2 fully saturated rings. The van der Waals surface area contributed by atoms with Crippen molar-refractivity contribution < 1.29 is 14.3 Å². The van der Waals surface area contributed by atoms with Crippen molar-refractivity contribution in [3.63, 3.8) is 0 Å². The molecule has 3 amide bonds. The van der Waals surface area contributed by atoms with Crippen LogP contribution < -0.4 is 15.4 Å². The van der Waals surface area contributed by atoms with E-state index in [-0.39, 0.29) is 30.1 Å². The van der Waals surface area contributed by atoms with Crippen LogP contribution in [0.4, 0.5) is 10.5 Å². The number of nitrogens with one attached hydrogen (secondary N) is 2. The van der Waals surface area contributed by atoms with Crippen LogP contribution in [0, 0.1) is 5.41 Å². The number of urea groups is 1. The first-order chi connectivity index (χ1) is 12.8. The van der Waals surface area contributed by atoms with Crippen LogP contribution in [0.15, 0.2) is 24.3 Å². The summed E-state index contributed by atoms with van der Waals surface area (Å²) >= 11 is 0. The zero-order chi connectivity index (χ0) is 19.6. The van der Waals surface area contributed by atoms with E-state index in [0.717, 1.165) is 43.5 Å². The molecular weight excluding hydrogens is 342 g/mol. The molecule has 6 nitrogen and oxygen atoms in total. The minimum Gasteiger partial charge on any atom is -0.497 e. The topological polar surface area (TPSA) is 70.7 Å². The molecule has 27 heavy (non-hydrogen) atoms. The lowest BCUT2D eigenvalue weighted by Gasteiger charge is -2.49. The highest BCUT2D eigenvalue weighted by Crippen LogP contribution is 2.35. The fourth-order valence-electron chi connectivity index (χ4n) is 4.12. The largest absolute Gasteiger partial charge is 0.497 e. The molecule has 2 aliphatic rings. The SMILES string of the molecule is COc1cccc(NC(=O)N2[C@@H]3CCC[C@@H]2CC(NC(=O)C(C)(C)C)C3)c1. The summed E-state index contributed by atoms with van der Waals surface area (Å²) in [5, 5.41) is 6.21. The van der Waals surface area contributed by atoms with Crippen molar-refractivity contribution in [1.82, 2.24) is 10.2 Å². The van der Waals surface area contributed by atoms with Gasteiger partial charge in [0.2, 0.25) is 5.91 Å². The minimum atomic E-state index is -0.393. The van der Waals surface area contributed by atoms with E-state index in [4.69, 9.17) is 4.74 Å². The van der Waals surface area contributed by atoms with E-state index in [9.17, 15) is 9.59 Å². The molecule has 0 spiro atoms. The molecule has 6 heteroatoms. The molecule has 148 valence electrons. The zero-order valence-corrected chi connectivity index (χ0v) is 16.7. The Hall–Kier alpha value is -2.24. The molecule has 3 rings (SSSR count). The van der Waals surface area contributed by atoms with Crippen molar-refractivity contribution in [2.45, 2.75) is 71.0 Å². The number of hydrogen-bond acceptors (Lipinski definition) is 3. The number of benzene rings is 1. The molecule has 0 aliphatic carbocycles. The number of piperidine rings is 2. The molecule has 0 unspecified atom stereocenters. The highest BCUT2D eigenvalue weighted by Gasteiger charge is 2.41. The molecule has 2 saturated heterocycles. The first-order valence-electron chi connectivity index (χ1n) is 9.82.